The van der Waals surface area contributed by atoms with Crippen molar-refractivity contribution in [2.45, 2.75) is 38.9 Å². The largest absolute Gasteiger partial charge is 0.487 e. The molecule has 3 rings (SSSR count). The van der Waals surface area contributed by atoms with E-state index in [9.17, 15) is 4.79 Å². The Hall–Kier alpha value is -3.10. The fourth-order valence-corrected chi connectivity index (χ4v) is 2.62. The summed E-state index contributed by atoms with van der Waals surface area (Å²) in [6.07, 6.45) is 5.20. The average Bonchev–Trinajstić information content (AvgIpc) is 3.26. The molecule has 0 saturated heterocycles. The third-order valence-corrected chi connectivity index (χ3v) is 3.80. The first-order valence-corrected chi connectivity index (χ1v) is 9.05. The van der Waals surface area contributed by atoms with Crippen molar-refractivity contribution in [2.75, 3.05) is 13.2 Å². The standard InChI is InChI=1S/C19H25N5O4/c1-19(2,3)27-18(25)21-10-14-8-15(28-23-14)12-26-16-6-5-7-20-17(16)13-9-22-24(4)11-13/h5-7,9,11,15H,8,10,12H2,1-4H3,(H,21,25). The summed E-state index contributed by atoms with van der Waals surface area (Å²) in [4.78, 5) is 21.5. The van der Waals surface area contributed by atoms with Crippen LogP contribution >= 0.6 is 0 Å². The number of carbonyl (C=O) groups excluding carboxylic acids is 1. The lowest BCUT2D eigenvalue weighted by Crippen LogP contribution is -2.35. The number of rotatable bonds is 6. The second-order valence-corrected chi connectivity index (χ2v) is 7.51. The van der Waals surface area contributed by atoms with Gasteiger partial charge in [0.15, 0.2) is 6.10 Å². The summed E-state index contributed by atoms with van der Waals surface area (Å²) in [5.74, 6) is 0.652. The van der Waals surface area contributed by atoms with Crippen LogP contribution in [0, 0.1) is 0 Å². The lowest BCUT2D eigenvalue weighted by Gasteiger charge is -2.19. The maximum atomic E-state index is 11.7. The van der Waals surface area contributed by atoms with E-state index in [0.29, 0.717) is 18.8 Å². The predicted octanol–water partition coefficient (Wildman–Crippen LogP) is 2.53. The second-order valence-electron chi connectivity index (χ2n) is 7.51. The molecule has 3 heterocycles. The van der Waals surface area contributed by atoms with Crippen molar-refractivity contribution in [3.05, 3.63) is 30.7 Å². The molecule has 1 amide bonds. The molecule has 0 saturated carbocycles. The molecule has 0 aliphatic carbocycles. The SMILES string of the molecule is Cn1cc(-c2ncccc2OCC2CC(CNC(=O)OC(C)(C)C)=NO2)cn1. The number of pyridine rings is 1. The van der Waals surface area contributed by atoms with Gasteiger partial charge in [-0.05, 0) is 32.9 Å². The number of carbonyl (C=O) groups is 1. The minimum absolute atomic E-state index is 0.225. The first-order valence-electron chi connectivity index (χ1n) is 9.05. The Balaban J connectivity index is 1.48. The van der Waals surface area contributed by atoms with Gasteiger partial charge in [0.25, 0.3) is 0 Å². The van der Waals surface area contributed by atoms with E-state index < -0.39 is 11.7 Å². The summed E-state index contributed by atoms with van der Waals surface area (Å²) in [5.41, 5.74) is 1.80. The molecule has 2 aromatic heterocycles. The molecule has 150 valence electrons. The van der Waals surface area contributed by atoms with Gasteiger partial charge in [0.2, 0.25) is 0 Å². The lowest BCUT2D eigenvalue weighted by atomic mass is 10.2. The first-order chi connectivity index (χ1) is 13.3. The quantitative estimate of drug-likeness (QED) is 0.818. The summed E-state index contributed by atoms with van der Waals surface area (Å²) in [6, 6.07) is 3.67. The molecular weight excluding hydrogens is 362 g/mol. The van der Waals surface area contributed by atoms with Gasteiger partial charge in [0.1, 0.15) is 23.7 Å². The lowest BCUT2D eigenvalue weighted by molar-refractivity contribution is 0.0471. The van der Waals surface area contributed by atoms with Crippen molar-refractivity contribution < 1.29 is 19.1 Å². The number of amides is 1. The van der Waals surface area contributed by atoms with E-state index in [1.165, 1.54) is 0 Å². The molecule has 2 aromatic rings. The van der Waals surface area contributed by atoms with E-state index >= 15 is 0 Å². The number of nitrogens with zero attached hydrogens (tertiary/aromatic N) is 4. The molecule has 0 spiro atoms. The highest BCUT2D eigenvalue weighted by Crippen LogP contribution is 2.27. The van der Waals surface area contributed by atoms with Gasteiger partial charge in [0, 0.05) is 31.4 Å². The smallest absolute Gasteiger partial charge is 0.407 e. The summed E-state index contributed by atoms with van der Waals surface area (Å²) in [6.45, 7) is 6.04. The van der Waals surface area contributed by atoms with Gasteiger partial charge in [0.05, 0.1) is 18.5 Å². The van der Waals surface area contributed by atoms with E-state index in [4.69, 9.17) is 14.3 Å². The van der Waals surface area contributed by atoms with Crippen LogP contribution in [0.3, 0.4) is 0 Å². The average molecular weight is 387 g/mol. The van der Waals surface area contributed by atoms with Gasteiger partial charge in [-0.15, -0.1) is 0 Å². The third-order valence-electron chi connectivity index (χ3n) is 3.80. The predicted molar refractivity (Wildman–Crippen MR) is 103 cm³/mol. The molecule has 1 aliphatic rings. The summed E-state index contributed by atoms with van der Waals surface area (Å²) in [7, 11) is 1.85. The zero-order valence-electron chi connectivity index (χ0n) is 16.5. The van der Waals surface area contributed by atoms with Crippen LogP contribution in [0.4, 0.5) is 4.79 Å². The number of aromatic nitrogens is 3. The van der Waals surface area contributed by atoms with Gasteiger partial charge >= 0.3 is 6.09 Å². The summed E-state index contributed by atoms with van der Waals surface area (Å²) in [5, 5.41) is 10.9. The van der Waals surface area contributed by atoms with Crippen LogP contribution in [-0.4, -0.2) is 51.4 Å². The highest BCUT2D eigenvalue weighted by molar-refractivity contribution is 5.89. The van der Waals surface area contributed by atoms with Crippen molar-refractivity contribution in [1.29, 1.82) is 0 Å². The number of oxime groups is 1. The number of hydrogen-bond donors (Lipinski definition) is 1. The van der Waals surface area contributed by atoms with Gasteiger partial charge in [-0.3, -0.25) is 9.67 Å². The number of ether oxygens (including phenoxy) is 2. The molecule has 0 aromatic carbocycles. The minimum atomic E-state index is -0.538. The monoisotopic (exact) mass is 387 g/mol. The fraction of sp³-hybridized carbons (Fsp3) is 0.474. The molecule has 0 radical (unpaired) electrons. The maximum Gasteiger partial charge on any atom is 0.407 e. The molecule has 1 unspecified atom stereocenters. The normalized spacial score (nSPS) is 16.3. The zero-order valence-corrected chi connectivity index (χ0v) is 16.5. The topological polar surface area (TPSA) is 99.9 Å². The minimum Gasteiger partial charge on any atom is -0.487 e. The molecule has 9 nitrogen and oxygen atoms in total. The first kappa shape index (κ1) is 19.7. The number of aryl methyl sites for hydroxylation is 1. The number of alkyl carbamates (subject to hydrolysis) is 1. The molecule has 28 heavy (non-hydrogen) atoms. The van der Waals surface area contributed by atoms with E-state index in [1.807, 2.05) is 46.1 Å². The van der Waals surface area contributed by atoms with Crippen LogP contribution in [0.5, 0.6) is 5.75 Å². The Labute approximate surface area is 163 Å². The van der Waals surface area contributed by atoms with Gasteiger partial charge in [-0.25, -0.2) is 4.79 Å². The second kappa shape index (κ2) is 8.28. The van der Waals surface area contributed by atoms with E-state index in [2.05, 4.69) is 20.6 Å². The van der Waals surface area contributed by atoms with Gasteiger partial charge < -0.3 is 19.6 Å². The molecule has 0 fully saturated rings. The Morgan fingerprint density at radius 1 is 1.43 bits per heavy atom. The van der Waals surface area contributed by atoms with E-state index in [0.717, 1.165) is 17.0 Å². The molecular formula is C19H25N5O4. The fourth-order valence-electron chi connectivity index (χ4n) is 2.62. The Bertz CT molecular complexity index is 856. The van der Waals surface area contributed by atoms with E-state index in [-0.39, 0.29) is 12.6 Å². The number of nitrogens with one attached hydrogen (secondary N) is 1. The van der Waals surface area contributed by atoms with Crippen LogP contribution in [0.1, 0.15) is 27.2 Å². The van der Waals surface area contributed by atoms with Crippen LogP contribution in [-0.2, 0) is 16.6 Å². The van der Waals surface area contributed by atoms with Crippen molar-refractivity contribution in [3.8, 4) is 17.0 Å². The number of hydrogen-bond acceptors (Lipinski definition) is 7. The molecule has 1 aliphatic heterocycles. The van der Waals surface area contributed by atoms with Crippen molar-refractivity contribution >= 4 is 11.8 Å². The maximum absolute atomic E-state index is 11.7. The Kier molecular flexibility index (Phi) is 5.81. The van der Waals surface area contributed by atoms with Crippen LogP contribution in [0.25, 0.3) is 11.3 Å². The van der Waals surface area contributed by atoms with Crippen LogP contribution < -0.4 is 10.1 Å². The molecule has 1 atom stereocenters. The Morgan fingerprint density at radius 3 is 2.96 bits per heavy atom. The molecule has 0 bridgehead atoms. The van der Waals surface area contributed by atoms with Crippen LogP contribution in [0.15, 0.2) is 35.9 Å². The summed E-state index contributed by atoms with van der Waals surface area (Å²) < 4.78 is 12.8. The highest BCUT2D eigenvalue weighted by atomic mass is 16.7. The summed E-state index contributed by atoms with van der Waals surface area (Å²) >= 11 is 0. The molecule has 1 N–H and O–H groups in total. The highest BCUT2D eigenvalue weighted by Gasteiger charge is 2.24. The van der Waals surface area contributed by atoms with Gasteiger partial charge in [-0.2, -0.15) is 5.10 Å². The van der Waals surface area contributed by atoms with Crippen molar-refractivity contribution in [1.82, 2.24) is 20.1 Å². The van der Waals surface area contributed by atoms with Crippen LogP contribution in [0.2, 0.25) is 0 Å². The Morgan fingerprint density at radius 2 is 2.25 bits per heavy atom. The third kappa shape index (κ3) is 5.45. The zero-order chi connectivity index (χ0) is 20.1. The van der Waals surface area contributed by atoms with Crippen molar-refractivity contribution in [3.63, 3.8) is 0 Å². The molecule has 9 heteroatoms. The van der Waals surface area contributed by atoms with E-state index in [1.54, 1.807) is 17.1 Å². The van der Waals surface area contributed by atoms with Gasteiger partial charge in [-0.1, -0.05) is 5.16 Å². The van der Waals surface area contributed by atoms with Crippen molar-refractivity contribution in [2.24, 2.45) is 12.2 Å².